The molecule has 2 unspecified atom stereocenters. The van der Waals surface area contributed by atoms with E-state index >= 15 is 0 Å². The zero-order valence-corrected chi connectivity index (χ0v) is 11.9. The second-order valence-corrected chi connectivity index (χ2v) is 5.44. The third-order valence-corrected chi connectivity index (χ3v) is 4.38. The Hall–Kier alpha value is -0.400. The highest BCUT2D eigenvalue weighted by molar-refractivity contribution is 6.32. The first-order valence-electron chi connectivity index (χ1n) is 6.30. The van der Waals surface area contributed by atoms with Crippen molar-refractivity contribution in [3.8, 4) is 0 Å². The third-order valence-electron chi connectivity index (χ3n) is 3.76. The maximum absolute atomic E-state index is 6.24. The maximum Gasteiger partial charge on any atom is 0.0509 e. The summed E-state index contributed by atoms with van der Waals surface area (Å²) in [7, 11) is 0. The van der Waals surface area contributed by atoms with Gasteiger partial charge in [0, 0.05) is 28.4 Å². The van der Waals surface area contributed by atoms with E-state index in [2.05, 4.69) is 24.8 Å². The van der Waals surface area contributed by atoms with Crippen LogP contribution in [-0.2, 0) is 5.88 Å². The molecule has 2 atom stereocenters. The minimum Gasteiger partial charge on any atom is -0.366 e. The minimum atomic E-state index is 0.481. The molecule has 94 valence electrons. The summed E-state index contributed by atoms with van der Waals surface area (Å²) in [4.78, 5) is 2.50. The monoisotopic (exact) mass is 271 g/mol. The molecule has 0 radical (unpaired) electrons. The standard InChI is InChI=1S/C14H19Cl2N/c1-3-11-8-7-10(2)17(11)14-6-4-5-13(16)12(14)9-15/h4-6,10-11H,3,7-9H2,1-2H3. The number of benzene rings is 1. The van der Waals surface area contributed by atoms with Gasteiger partial charge >= 0.3 is 0 Å². The molecule has 0 amide bonds. The first kappa shape index (κ1) is 13.0. The fourth-order valence-electron chi connectivity index (χ4n) is 2.83. The number of rotatable bonds is 3. The van der Waals surface area contributed by atoms with Gasteiger partial charge < -0.3 is 4.90 Å². The highest BCUT2D eigenvalue weighted by atomic mass is 35.5. The first-order chi connectivity index (χ1) is 8.19. The van der Waals surface area contributed by atoms with Crippen molar-refractivity contribution in [3.05, 3.63) is 28.8 Å². The zero-order chi connectivity index (χ0) is 12.4. The van der Waals surface area contributed by atoms with E-state index in [0.29, 0.717) is 18.0 Å². The van der Waals surface area contributed by atoms with Crippen LogP contribution in [0.25, 0.3) is 0 Å². The summed E-state index contributed by atoms with van der Waals surface area (Å²) in [5.41, 5.74) is 2.30. The number of alkyl halides is 1. The van der Waals surface area contributed by atoms with Crippen molar-refractivity contribution in [2.24, 2.45) is 0 Å². The Morgan fingerprint density at radius 1 is 1.35 bits per heavy atom. The second kappa shape index (κ2) is 5.49. The van der Waals surface area contributed by atoms with Gasteiger partial charge in [-0.2, -0.15) is 0 Å². The summed E-state index contributed by atoms with van der Waals surface area (Å²) in [6.07, 6.45) is 3.71. The maximum atomic E-state index is 6.24. The highest BCUT2D eigenvalue weighted by Crippen LogP contribution is 2.37. The number of nitrogens with zero attached hydrogens (tertiary/aromatic N) is 1. The van der Waals surface area contributed by atoms with E-state index in [4.69, 9.17) is 23.2 Å². The summed E-state index contributed by atoms with van der Waals surface area (Å²) in [6, 6.07) is 7.30. The molecule has 1 aliphatic rings. The van der Waals surface area contributed by atoms with Crippen molar-refractivity contribution in [1.29, 1.82) is 0 Å². The van der Waals surface area contributed by atoms with E-state index in [9.17, 15) is 0 Å². The lowest BCUT2D eigenvalue weighted by atomic mass is 10.1. The lowest BCUT2D eigenvalue weighted by Gasteiger charge is -2.32. The van der Waals surface area contributed by atoms with Crippen LogP contribution in [-0.4, -0.2) is 12.1 Å². The molecule has 17 heavy (non-hydrogen) atoms. The number of anilines is 1. The van der Waals surface area contributed by atoms with Crippen LogP contribution in [0.1, 0.15) is 38.7 Å². The van der Waals surface area contributed by atoms with Crippen molar-refractivity contribution in [1.82, 2.24) is 0 Å². The highest BCUT2D eigenvalue weighted by Gasteiger charge is 2.30. The molecule has 1 saturated heterocycles. The predicted octanol–water partition coefficient (Wildman–Crippen LogP) is 4.85. The van der Waals surface area contributed by atoms with E-state index in [-0.39, 0.29) is 0 Å². The first-order valence-corrected chi connectivity index (χ1v) is 7.22. The predicted molar refractivity (Wildman–Crippen MR) is 76.3 cm³/mol. The van der Waals surface area contributed by atoms with Crippen molar-refractivity contribution >= 4 is 28.9 Å². The topological polar surface area (TPSA) is 3.24 Å². The van der Waals surface area contributed by atoms with Crippen LogP contribution in [0.5, 0.6) is 0 Å². The Labute approximate surface area is 114 Å². The molecule has 1 nitrogen and oxygen atoms in total. The Morgan fingerprint density at radius 2 is 2.12 bits per heavy atom. The Balaban J connectivity index is 2.41. The largest absolute Gasteiger partial charge is 0.366 e. The van der Waals surface area contributed by atoms with Gasteiger partial charge in [0.15, 0.2) is 0 Å². The number of hydrogen-bond donors (Lipinski definition) is 0. The second-order valence-electron chi connectivity index (χ2n) is 4.77. The van der Waals surface area contributed by atoms with E-state index in [1.165, 1.54) is 24.9 Å². The zero-order valence-electron chi connectivity index (χ0n) is 10.4. The van der Waals surface area contributed by atoms with Crippen LogP contribution in [0.15, 0.2) is 18.2 Å². The molecule has 1 aromatic rings. The molecule has 0 saturated carbocycles. The summed E-state index contributed by atoms with van der Waals surface area (Å²) < 4.78 is 0. The van der Waals surface area contributed by atoms with E-state index in [0.717, 1.165) is 10.6 Å². The smallest absolute Gasteiger partial charge is 0.0509 e. The van der Waals surface area contributed by atoms with Gasteiger partial charge in [0.25, 0.3) is 0 Å². The van der Waals surface area contributed by atoms with Gasteiger partial charge in [0.1, 0.15) is 0 Å². The summed E-state index contributed by atoms with van der Waals surface area (Å²) in [6.45, 7) is 4.54. The van der Waals surface area contributed by atoms with Crippen molar-refractivity contribution in [3.63, 3.8) is 0 Å². The normalized spacial score (nSPS) is 24.4. The van der Waals surface area contributed by atoms with E-state index in [1.807, 2.05) is 12.1 Å². The average Bonchev–Trinajstić information content (AvgIpc) is 2.70. The van der Waals surface area contributed by atoms with Crippen LogP contribution in [0.4, 0.5) is 5.69 Å². The molecular formula is C14H19Cl2N. The van der Waals surface area contributed by atoms with Gasteiger partial charge in [-0.1, -0.05) is 24.6 Å². The molecule has 0 N–H and O–H groups in total. The lowest BCUT2D eigenvalue weighted by molar-refractivity contribution is 0.626. The fourth-order valence-corrected chi connectivity index (χ4v) is 3.41. The van der Waals surface area contributed by atoms with Crippen LogP contribution in [0.2, 0.25) is 5.02 Å². The van der Waals surface area contributed by atoms with Gasteiger partial charge in [-0.25, -0.2) is 0 Å². The van der Waals surface area contributed by atoms with Gasteiger partial charge in [-0.05, 0) is 38.3 Å². The molecule has 1 aromatic carbocycles. The molecule has 2 rings (SSSR count). The molecule has 0 aliphatic carbocycles. The molecule has 0 bridgehead atoms. The third kappa shape index (κ3) is 2.41. The van der Waals surface area contributed by atoms with Gasteiger partial charge in [-0.15, -0.1) is 11.6 Å². The van der Waals surface area contributed by atoms with Crippen LogP contribution < -0.4 is 4.90 Å². The minimum absolute atomic E-state index is 0.481. The van der Waals surface area contributed by atoms with Gasteiger partial charge in [0.2, 0.25) is 0 Å². The number of halogens is 2. The summed E-state index contributed by atoms with van der Waals surface area (Å²) in [5, 5.41) is 0.784. The molecule has 0 spiro atoms. The quantitative estimate of drug-likeness (QED) is 0.711. The summed E-state index contributed by atoms with van der Waals surface area (Å²) in [5.74, 6) is 0.481. The van der Waals surface area contributed by atoms with Crippen LogP contribution >= 0.6 is 23.2 Å². The fraction of sp³-hybridized carbons (Fsp3) is 0.571. The van der Waals surface area contributed by atoms with Gasteiger partial charge in [-0.3, -0.25) is 0 Å². The van der Waals surface area contributed by atoms with Crippen LogP contribution in [0.3, 0.4) is 0 Å². The van der Waals surface area contributed by atoms with E-state index < -0.39 is 0 Å². The molecule has 1 heterocycles. The Morgan fingerprint density at radius 3 is 2.76 bits per heavy atom. The van der Waals surface area contributed by atoms with Crippen molar-refractivity contribution in [2.45, 2.75) is 51.1 Å². The molecule has 1 aliphatic heterocycles. The SMILES string of the molecule is CCC1CCC(C)N1c1cccc(Cl)c1CCl. The molecule has 1 fully saturated rings. The molecule has 0 aromatic heterocycles. The number of hydrogen-bond acceptors (Lipinski definition) is 1. The molecular weight excluding hydrogens is 253 g/mol. The van der Waals surface area contributed by atoms with Crippen molar-refractivity contribution < 1.29 is 0 Å². The molecule has 3 heteroatoms. The summed E-state index contributed by atoms with van der Waals surface area (Å²) >= 11 is 12.3. The van der Waals surface area contributed by atoms with Crippen molar-refractivity contribution in [2.75, 3.05) is 4.90 Å². The van der Waals surface area contributed by atoms with Gasteiger partial charge in [0.05, 0.1) is 5.88 Å². The van der Waals surface area contributed by atoms with Crippen LogP contribution in [0, 0.1) is 0 Å². The van der Waals surface area contributed by atoms with E-state index in [1.54, 1.807) is 0 Å². The lowest BCUT2D eigenvalue weighted by Crippen LogP contribution is -2.34. The average molecular weight is 272 g/mol. The Bertz CT molecular complexity index is 392. The Kier molecular flexibility index (Phi) is 4.22.